The van der Waals surface area contributed by atoms with E-state index in [1.165, 1.54) is 24.6 Å². The third kappa shape index (κ3) is 6.77. The zero-order valence-corrected chi connectivity index (χ0v) is 18.6. The minimum Gasteiger partial charge on any atom is -0.379 e. The number of unbranched alkanes of at least 4 members (excludes halogenated alkanes) is 1. The third-order valence-corrected chi connectivity index (χ3v) is 4.86. The summed E-state index contributed by atoms with van der Waals surface area (Å²) in [6.45, 7) is 0.746. The summed E-state index contributed by atoms with van der Waals surface area (Å²) in [5.74, 6) is -0.420. The Hall–Kier alpha value is -3.96. The van der Waals surface area contributed by atoms with E-state index in [4.69, 9.17) is 21.4 Å². The zero-order valence-electron chi connectivity index (χ0n) is 18.6. The van der Waals surface area contributed by atoms with Crippen LogP contribution in [0.5, 0.6) is 0 Å². The van der Waals surface area contributed by atoms with Crippen molar-refractivity contribution in [3.8, 4) is 0 Å². The van der Waals surface area contributed by atoms with Gasteiger partial charge in [-0.3, -0.25) is 10.2 Å². The molecule has 11 heteroatoms. The predicted molar refractivity (Wildman–Crippen MR) is 126 cm³/mol. The molecule has 0 saturated heterocycles. The molecule has 178 valence electrons. The van der Waals surface area contributed by atoms with Gasteiger partial charge < -0.3 is 26.6 Å². The van der Waals surface area contributed by atoms with Gasteiger partial charge in [0, 0.05) is 31.1 Å². The van der Waals surface area contributed by atoms with Gasteiger partial charge in [-0.25, -0.2) is 14.4 Å². The quantitative estimate of drug-likeness (QED) is 0.200. The molecule has 2 aromatic heterocycles. The highest BCUT2D eigenvalue weighted by atomic mass is 19.1. The van der Waals surface area contributed by atoms with E-state index in [9.17, 15) is 9.18 Å². The predicted octanol–water partition coefficient (Wildman–Crippen LogP) is 2.33. The van der Waals surface area contributed by atoms with E-state index in [1.807, 2.05) is 0 Å². The summed E-state index contributed by atoms with van der Waals surface area (Å²) in [6, 6.07) is 8.00. The number of carbonyl (C=O) groups excluding carboxylic acids is 1. The lowest BCUT2D eigenvalue weighted by molar-refractivity contribution is -0.116. The van der Waals surface area contributed by atoms with Crippen LogP contribution in [0.2, 0.25) is 0 Å². The largest absolute Gasteiger partial charge is 0.379 e. The first-order valence-corrected chi connectivity index (χ1v) is 10.8. The van der Waals surface area contributed by atoms with Gasteiger partial charge in [-0.1, -0.05) is 23.4 Å². The number of nitrogens with zero attached hydrogens (tertiary/aromatic N) is 3. The molecule has 0 bridgehead atoms. The van der Waals surface area contributed by atoms with Crippen molar-refractivity contribution in [2.75, 3.05) is 11.9 Å². The van der Waals surface area contributed by atoms with Crippen LogP contribution in [-0.4, -0.2) is 33.3 Å². The summed E-state index contributed by atoms with van der Waals surface area (Å²) >= 11 is 0. The standard InChI is InChI=1S/C23H27FN8O2/c24-16-6-2-1-5-15(16)13-28-19(18-8-10-34-32-18)11-17(27)23-29-14-21(20(12-26)31-23)30-22(33)7-3-4-9-25/h1-2,5-6,8,10-11,14,27-28H,3-4,7,9,12-13,25-26H2,(H,30,33)/b19-11-,27-17?. The molecule has 0 fully saturated rings. The van der Waals surface area contributed by atoms with Crippen molar-refractivity contribution in [2.45, 2.75) is 32.4 Å². The lowest BCUT2D eigenvalue weighted by Gasteiger charge is -2.12. The third-order valence-electron chi connectivity index (χ3n) is 4.86. The lowest BCUT2D eigenvalue weighted by atomic mass is 10.1. The number of amides is 1. The first-order valence-electron chi connectivity index (χ1n) is 10.8. The summed E-state index contributed by atoms with van der Waals surface area (Å²) in [5.41, 5.74) is 13.3. The van der Waals surface area contributed by atoms with E-state index in [0.29, 0.717) is 47.7 Å². The topological polar surface area (TPSA) is 169 Å². The summed E-state index contributed by atoms with van der Waals surface area (Å²) in [7, 11) is 0. The minimum atomic E-state index is -0.346. The van der Waals surface area contributed by atoms with Crippen LogP contribution in [0.15, 0.2) is 53.4 Å². The van der Waals surface area contributed by atoms with E-state index >= 15 is 0 Å². The number of nitrogens with two attached hydrogens (primary N) is 2. The second-order valence-electron chi connectivity index (χ2n) is 7.35. The molecule has 3 rings (SSSR count). The smallest absolute Gasteiger partial charge is 0.224 e. The highest BCUT2D eigenvalue weighted by Crippen LogP contribution is 2.16. The molecule has 7 N–H and O–H groups in total. The Bertz CT molecular complexity index is 1150. The number of nitrogens with one attached hydrogen (secondary N) is 3. The van der Waals surface area contributed by atoms with Crippen LogP contribution in [-0.2, 0) is 17.9 Å². The first-order chi connectivity index (χ1) is 16.5. The van der Waals surface area contributed by atoms with Crippen LogP contribution < -0.4 is 22.1 Å². The van der Waals surface area contributed by atoms with Crippen molar-refractivity contribution in [2.24, 2.45) is 11.5 Å². The highest BCUT2D eigenvalue weighted by molar-refractivity contribution is 6.07. The number of halogens is 1. The molecule has 0 atom stereocenters. The van der Waals surface area contributed by atoms with E-state index in [-0.39, 0.29) is 36.4 Å². The van der Waals surface area contributed by atoms with Crippen LogP contribution in [0, 0.1) is 11.2 Å². The second kappa shape index (κ2) is 12.3. The van der Waals surface area contributed by atoms with Crippen molar-refractivity contribution < 1.29 is 13.7 Å². The molecular weight excluding hydrogens is 439 g/mol. The van der Waals surface area contributed by atoms with Crippen LogP contribution in [0.3, 0.4) is 0 Å². The maximum atomic E-state index is 14.0. The fourth-order valence-electron chi connectivity index (χ4n) is 3.06. The Labute approximate surface area is 196 Å². The molecular formula is C23H27FN8O2. The van der Waals surface area contributed by atoms with Gasteiger partial charge in [0.25, 0.3) is 0 Å². The number of anilines is 1. The average molecular weight is 467 g/mol. The number of rotatable bonds is 12. The molecule has 2 heterocycles. The molecule has 0 spiro atoms. The fourth-order valence-corrected chi connectivity index (χ4v) is 3.06. The van der Waals surface area contributed by atoms with Gasteiger partial charge in [0.05, 0.1) is 23.3 Å². The molecule has 0 saturated carbocycles. The number of carbonyl (C=O) groups is 1. The SMILES string of the molecule is N=C(/C=C(\NCc1ccccc1F)c1ccon1)c1ncc(NC(=O)CCCCN)c(CN)n1. The fraction of sp³-hybridized carbons (Fsp3) is 0.261. The van der Waals surface area contributed by atoms with Gasteiger partial charge in [0.1, 0.15) is 23.5 Å². The number of allylic oxidation sites excluding steroid dienone is 1. The Morgan fingerprint density at radius 3 is 2.74 bits per heavy atom. The molecule has 0 unspecified atom stereocenters. The van der Waals surface area contributed by atoms with Crippen LogP contribution in [0.1, 0.15) is 42.0 Å². The maximum Gasteiger partial charge on any atom is 0.224 e. The molecule has 0 radical (unpaired) electrons. The summed E-state index contributed by atoms with van der Waals surface area (Å²) in [6.07, 6.45) is 6.06. The van der Waals surface area contributed by atoms with Crippen molar-refractivity contribution in [3.05, 3.63) is 77.5 Å². The van der Waals surface area contributed by atoms with Gasteiger partial charge in [-0.15, -0.1) is 0 Å². The number of aromatic nitrogens is 3. The molecule has 0 aliphatic heterocycles. The van der Waals surface area contributed by atoms with E-state index in [0.717, 1.165) is 6.42 Å². The van der Waals surface area contributed by atoms with Crippen molar-refractivity contribution >= 4 is 23.0 Å². The Kier molecular flexibility index (Phi) is 8.95. The average Bonchev–Trinajstić information content (AvgIpc) is 3.38. The van der Waals surface area contributed by atoms with Gasteiger partial charge in [0.15, 0.2) is 5.82 Å². The van der Waals surface area contributed by atoms with Crippen molar-refractivity contribution in [1.82, 2.24) is 20.4 Å². The molecule has 3 aromatic rings. The molecule has 1 amide bonds. The van der Waals surface area contributed by atoms with Crippen LogP contribution >= 0.6 is 0 Å². The normalized spacial score (nSPS) is 11.3. The minimum absolute atomic E-state index is 0.0328. The van der Waals surface area contributed by atoms with Crippen LogP contribution in [0.25, 0.3) is 5.70 Å². The zero-order chi connectivity index (χ0) is 24.3. The van der Waals surface area contributed by atoms with E-state index in [2.05, 4.69) is 25.8 Å². The van der Waals surface area contributed by atoms with Crippen molar-refractivity contribution in [3.63, 3.8) is 0 Å². The number of hydrogen-bond donors (Lipinski definition) is 5. The number of benzene rings is 1. The molecule has 1 aromatic carbocycles. The Balaban J connectivity index is 1.77. The molecule has 0 aliphatic carbocycles. The highest BCUT2D eigenvalue weighted by Gasteiger charge is 2.14. The van der Waals surface area contributed by atoms with Gasteiger partial charge >= 0.3 is 0 Å². The van der Waals surface area contributed by atoms with Gasteiger partial charge in [-0.05, 0) is 31.5 Å². The first kappa shape index (κ1) is 24.7. The lowest BCUT2D eigenvalue weighted by Crippen LogP contribution is -2.18. The summed E-state index contributed by atoms with van der Waals surface area (Å²) < 4.78 is 18.9. The summed E-state index contributed by atoms with van der Waals surface area (Å²) in [4.78, 5) is 20.7. The van der Waals surface area contributed by atoms with Crippen LogP contribution in [0.4, 0.5) is 10.1 Å². The van der Waals surface area contributed by atoms with Gasteiger partial charge in [0.2, 0.25) is 5.91 Å². The van der Waals surface area contributed by atoms with E-state index in [1.54, 1.807) is 24.3 Å². The number of hydrogen-bond acceptors (Lipinski definition) is 9. The van der Waals surface area contributed by atoms with Crippen molar-refractivity contribution in [1.29, 1.82) is 5.41 Å². The molecule has 10 nitrogen and oxygen atoms in total. The maximum absolute atomic E-state index is 14.0. The Morgan fingerprint density at radius 1 is 1.21 bits per heavy atom. The molecule has 34 heavy (non-hydrogen) atoms. The second-order valence-corrected chi connectivity index (χ2v) is 7.35. The summed E-state index contributed by atoms with van der Waals surface area (Å²) in [5, 5.41) is 18.2. The van der Waals surface area contributed by atoms with E-state index < -0.39 is 0 Å². The molecule has 0 aliphatic rings. The Morgan fingerprint density at radius 2 is 2.03 bits per heavy atom. The monoisotopic (exact) mass is 466 g/mol. The van der Waals surface area contributed by atoms with Gasteiger partial charge in [-0.2, -0.15) is 0 Å².